The van der Waals surface area contributed by atoms with Crippen LogP contribution in [0.4, 0.5) is 0 Å². The number of carbonyl (C=O) groups excluding carboxylic acids is 2. The van der Waals surface area contributed by atoms with E-state index in [1.807, 2.05) is 0 Å². The van der Waals surface area contributed by atoms with Crippen molar-refractivity contribution in [2.45, 2.75) is 275 Å². The number of carbonyl (C=O) groups is 2. The molecule has 0 radical (unpaired) electrons. The lowest BCUT2D eigenvalue weighted by Crippen LogP contribution is -2.59. The minimum atomic E-state index is -1.59. The Bertz CT molecular complexity index is 917. The molecule has 10 nitrogen and oxygen atoms in total. The number of aliphatic hydroxyl groups excluding tert-OH is 4. The van der Waals surface area contributed by atoms with E-state index in [0.717, 1.165) is 38.5 Å². The highest BCUT2D eigenvalue weighted by Crippen LogP contribution is 2.23. The van der Waals surface area contributed by atoms with Gasteiger partial charge in [0.15, 0.2) is 12.4 Å². The van der Waals surface area contributed by atoms with E-state index < -0.39 is 49.4 Å². The fourth-order valence-corrected chi connectivity index (χ4v) is 7.84. The average Bonchev–Trinajstić information content (AvgIpc) is 3.22. The first-order valence-corrected chi connectivity index (χ1v) is 24.6. The second-order valence-corrected chi connectivity index (χ2v) is 17.3. The molecule has 2 unspecified atom stereocenters. The SMILES string of the molecule is CCCCCCCCCCCCCCCCCCCC(=O)O[C@H](COC(=O)CCCCCCCCCCCCCCCCCC)CO[C@@H]1O[C@H](CO)[C@H](O)C(O)C1O. The molecule has 0 spiro atoms. The quantitative estimate of drug-likeness (QED) is 0.0346. The molecule has 1 aliphatic rings. The molecule has 0 aromatic carbocycles. The van der Waals surface area contributed by atoms with Gasteiger partial charge in [0.25, 0.3) is 0 Å². The van der Waals surface area contributed by atoms with Gasteiger partial charge in [0.1, 0.15) is 31.0 Å². The lowest BCUT2D eigenvalue weighted by atomic mass is 9.99. The van der Waals surface area contributed by atoms with Gasteiger partial charge in [0.2, 0.25) is 0 Å². The number of unbranched alkanes of at least 4 members (excludes halogenated alkanes) is 31. The molecule has 1 aliphatic heterocycles. The Hall–Kier alpha value is -1.30. The molecule has 344 valence electrons. The topological polar surface area (TPSA) is 152 Å². The van der Waals surface area contributed by atoms with Crippen molar-refractivity contribution < 1.29 is 49.0 Å². The third-order valence-corrected chi connectivity index (χ3v) is 11.7. The van der Waals surface area contributed by atoms with E-state index in [1.54, 1.807) is 0 Å². The first-order valence-electron chi connectivity index (χ1n) is 24.6. The standard InChI is InChI=1S/C48H92O10/c1-3-5-7-9-11-13-15-17-19-21-23-25-27-29-31-33-35-37-44(51)57-41(40-56-48-47(54)46(53)45(52)42(38-49)58-48)39-55-43(50)36-34-32-30-28-26-24-22-20-18-16-14-12-10-8-6-4-2/h41-42,45-49,52-54H,3-40H2,1-2H3/t41-,42-,45+,46?,47?,48-/m1/s1. The Morgan fingerprint density at radius 3 is 1.17 bits per heavy atom. The molecule has 0 aliphatic carbocycles. The number of hydrogen-bond acceptors (Lipinski definition) is 10. The molecule has 1 heterocycles. The lowest BCUT2D eigenvalue weighted by molar-refractivity contribution is -0.305. The molecule has 1 fully saturated rings. The molecule has 6 atom stereocenters. The highest BCUT2D eigenvalue weighted by molar-refractivity contribution is 5.70. The van der Waals surface area contributed by atoms with Crippen LogP contribution in [0.5, 0.6) is 0 Å². The smallest absolute Gasteiger partial charge is 0.306 e. The van der Waals surface area contributed by atoms with E-state index in [1.165, 1.54) is 167 Å². The summed E-state index contributed by atoms with van der Waals surface area (Å²) in [5.41, 5.74) is 0. The molecular formula is C48H92O10. The fourth-order valence-electron chi connectivity index (χ4n) is 7.84. The normalized spacial score (nSPS) is 20.0. The Morgan fingerprint density at radius 1 is 0.466 bits per heavy atom. The van der Waals surface area contributed by atoms with E-state index in [-0.39, 0.29) is 32.0 Å². The maximum absolute atomic E-state index is 12.8. The lowest BCUT2D eigenvalue weighted by Gasteiger charge is -2.39. The van der Waals surface area contributed by atoms with Gasteiger partial charge in [-0.2, -0.15) is 0 Å². The minimum absolute atomic E-state index is 0.208. The zero-order valence-electron chi connectivity index (χ0n) is 37.6. The highest BCUT2D eigenvalue weighted by Gasteiger charge is 2.44. The van der Waals surface area contributed by atoms with Gasteiger partial charge in [-0.25, -0.2) is 0 Å². The van der Waals surface area contributed by atoms with Crippen LogP contribution in [-0.4, -0.2) is 89.0 Å². The van der Waals surface area contributed by atoms with Crippen LogP contribution in [0.2, 0.25) is 0 Å². The molecule has 0 aromatic heterocycles. The van der Waals surface area contributed by atoms with Crippen LogP contribution in [-0.2, 0) is 28.5 Å². The monoisotopic (exact) mass is 829 g/mol. The van der Waals surface area contributed by atoms with Crippen molar-refractivity contribution >= 4 is 11.9 Å². The summed E-state index contributed by atoms with van der Waals surface area (Å²) < 4.78 is 22.2. The highest BCUT2D eigenvalue weighted by atomic mass is 16.7. The van der Waals surface area contributed by atoms with Gasteiger partial charge in [-0.15, -0.1) is 0 Å². The summed E-state index contributed by atoms with van der Waals surface area (Å²) >= 11 is 0. The van der Waals surface area contributed by atoms with Gasteiger partial charge in [-0.05, 0) is 12.8 Å². The molecule has 10 heteroatoms. The number of ether oxygens (including phenoxy) is 4. The third kappa shape index (κ3) is 30.7. The van der Waals surface area contributed by atoms with Crippen molar-refractivity contribution in [2.75, 3.05) is 19.8 Å². The second kappa shape index (κ2) is 39.8. The van der Waals surface area contributed by atoms with E-state index >= 15 is 0 Å². The largest absolute Gasteiger partial charge is 0.462 e. The Morgan fingerprint density at radius 2 is 0.810 bits per heavy atom. The van der Waals surface area contributed by atoms with Crippen molar-refractivity contribution in [2.24, 2.45) is 0 Å². The molecular weight excluding hydrogens is 737 g/mol. The fraction of sp³-hybridized carbons (Fsp3) is 0.958. The van der Waals surface area contributed by atoms with Gasteiger partial charge < -0.3 is 39.4 Å². The summed E-state index contributed by atoms with van der Waals surface area (Å²) in [5.74, 6) is -0.787. The summed E-state index contributed by atoms with van der Waals surface area (Å²) in [6.45, 7) is 3.47. The molecule has 1 rings (SSSR count). The Balaban J connectivity index is 2.27. The zero-order valence-corrected chi connectivity index (χ0v) is 37.6. The van der Waals surface area contributed by atoms with Crippen LogP contribution in [0.1, 0.15) is 239 Å². The first-order chi connectivity index (χ1) is 28.3. The van der Waals surface area contributed by atoms with Crippen LogP contribution < -0.4 is 0 Å². The first kappa shape index (κ1) is 54.7. The second-order valence-electron chi connectivity index (χ2n) is 17.3. The molecule has 4 N–H and O–H groups in total. The van der Waals surface area contributed by atoms with Crippen LogP contribution in [0.15, 0.2) is 0 Å². The maximum Gasteiger partial charge on any atom is 0.306 e. The summed E-state index contributed by atoms with van der Waals surface area (Å²) in [4.78, 5) is 25.4. The molecule has 0 bridgehead atoms. The molecule has 0 aromatic rings. The third-order valence-electron chi connectivity index (χ3n) is 11.7. The minimum Gasteiger partial charge on any atom is -0.462 e. The number of aliphatic hydroxyl groups is 4. The van der Waals surface area contributed by atoms with Crippen molar-refractivity contribution in [3.63, 3.8) is 0 Å². The average molecular weight is 829 g/mol. The number of esters is 2. The summed E-state index contributed by atoms with van der Waals surface area (Å²) in [5, 5.41) is 40.1. The molecule has 1 saturated heterocycles. The van der Waals surface area contributed by atoms with Crippen molar-refractivity contribution in [3.8, 4) is 0 Å². The van der Waals surface area contributed by atoms with E-state index in [0.29, 0.717) is 6.42 Å². The Kier molecular flexibility index (Phi) is 37.6. The van der Waals surface area contributed by atoms with E-state index in [9.17, 15) is 30.0 Å². The van der Waals surface area contributed by atoms with Gasteiger partial charge >= 0.3 is 11.9 Å². The van der Waals surface area contributed by atoms with Crippen LogP contribution in [0.3, 0.4) is 0 Å². The van der Waals surface area contributed by atoms with Crippen molar-refractivity contribution in [1.29, 1.82) is 0 Å². The maximum atomic E-state index is 12.8. The zero-order chi connectivity index (χ0) is 42.3. The van der Waals surface area contributed by atoms with Crippen LogP contribution >= 0.6 is 0 Å². The predicted molar refractivity (Wildman–Crippen MR) is 234 cm³/mol. The molecule has 0 saturated carbocycles. The van der Waals surface area contributed by atoms with Crippen molar-refractivity contribution in [3.05, 3.63) is 0 Å². The predicted octanol–water partition coefficient (Wildman–Crippen LogP) is 11.0. The summed E-state index contributed by atoms with van der Waals surface area (Å²) in [6.07, 6.45) is 33.9. The summed E-state index contributed by atoms with van der Waals surface area (Å²) in [6, 6.07) is 0. The van der Waals surface area contributed by atoms with Gasteiger partial charge in [-0.1, -0.05) is 213 Å². The molecule has 0 amide bonds. The van der Waals surface area contributed by atoms with Crippen LogP contribution in [0, 0.1) is 0 Å². The van der Waals surface area contributed by atoms with Crippen molar-refractivity contribution in [1.82, 2.24) is 0 Å². The van der Waals surface area contributed by atoms with Gasteiger partial charge in [0, 0.05) is 12.8 Å². The van der Waals surface area contributed by atoms with E-state index in [2.05, 4.69) is 13.8 Å². The number of hydrogen-bond donors (Lipinski definition) is 4. The summed E-state index contributed by atoms with van der Waals surface area (Å²) in [7, 11) is 0. The molecule has 58 heavy (non-hydrogen) atoms. The van der Waals surface area contributed by atoms with Crippen LogP contribution in [0.25, 0.3) is 0 Å². The van der Waals surface area contributed by atoms with Gasteiger partial charge in [0.05, 0.1) is 13.2 Å². The van der Waals surface area contributed by atoms with E-state index in [4.69, 9.17) is 18.9 Å². The van der Waals surface area contributed by atoms with Gasteiger partial charge in [-0.3, -0.25) is 9.59 Å². The Labute approximate surface area is 355 Å². The number of rotatable bonds is 42.